The fourth-order valence-electron chi connectivity index (χ4n) is 1.42. The van der Waals surface area contributed by atoms with Crippen molar-refractivity contribution in [2.75, 3.05) is 6.61 Å². The van der Waals surface area contributed by atoms with Crippen molar-refractivity contribution in [2.24, 2.45) is 11.5 Å². The number of carbonyl (C=O) groups excluding carboxylic acids is 3. The summed E-state index contributed by atoms with van der Waals surface area (Å²) in [4.78, 5) is 44.9. The van der Waals surface area contributed by atoms with Crippen molar-refractivity contribution < 1.29 is 34.5 Å². The lowest BCUT2D eigenvalue weighted by atomic mass is 10.1. The van der Waals surface area contributed by atoms with E-state index < -0.39 is 60.9 Å². The third kappa shape index (κ3) is 6.47. The standard InChI is InChI=1S/C11H20N4O7/c1-4(17)8(10(20)14-6(3-16)11(21)22)15-9(19)5(12)2-7(13)18/h4-6,8,16-17H,2-3,12H2,1H3,(H2,13,18)(H,14,20)(H,15,19)(H,21,22). The number of amides is 3. The van der Waals surface area contributed by atoms with E-state index in [1.54, 1.807) is 0 Å². The molecule has 22 heavy (non-hydrogen) atoms. The molecule has 0 aliphatic carbocycles. The minimum Gasteiger partial charge on any atom is -0.480 e. The van der Waals surface area contributed by atoms with E-state index >= 15 is 0 Å². The highest BCUT2D eigenvalue weighted by molar-refractivity contribution is 5.93. The zero-order chi connectivity index (χ0) is 17.4. The van der Waals surface area contributed by atoms with Crippen molar-refractivity contribution in [2.45, 2.75) is 37.6 Å². The van der Waals surface area contributed by atoms with Gasteiger partial charge in [-0.3, -0.25) is 14.4 Å². The quantitative estimate of drug-likeness (QED) is 0.220. The zero-order valence-corrected chi connectivity index (χ0v) is 11.9. The van der Waals surface area contributed by atoms with E-state index in [0.717, 1.165) is 0 Å². The van der Waals surface area contributed by atoms with Gasteiger partial charge in [-0.05, 0) is 6.92 Å². The molecule has 0 bridgehead atoms. The molecule has 11 heteroatoms. The monoisotopic (exact) mass is 320 g/mol. The first-order chi connectivity index (χ1) is 10.1. The molecule has 4 atom stereocenters. The van der Waals surface area contributed by atoms with Gasteiger partial charge in [-0.25, -0.2) is 4.79 Å². The van der Waals surface area contributed by atoms with Gasteiger partial charge in [0, 0.05) is 0 Å². The van der Waals surface area contributed by atoms with E-state index in [9.17, 15) is 24.3 Å². The fraction of sp³-hybridized carbons (Fsp3) is 0.636. The zero-order valence-electron chi connectivity index (χ0n) is 11.9. The molecule has 126 valence electrons. The lowest BCUT2D eigenvalue weighted by molar-refractivity contribution is -0.144. The number of carboxylic acid groups (broad SMARTS) is 1. The molecule has 0 saturated carbocycles. The fourth-order valence-corrected chi connectivity index (χ4v) is 1.42. The van der Waals surface area contributed by atoms with Crippen LogP contribution in [0.1, 0.15) is 13.3 Å². The van der Waals surface area contributed by atoms with E-state index in [0.29, 0.717) is 0 Å². The summed E-state index contributed by atoms with van der Waals surface area (Å²) >= 11 is 0. The summed E-state index contributed by atoms with van der Waals surface area (Å²) in [5.74, 6) is -4.27. The SMILES string of the molecule is CC(O)C(NC(=O)C(N)CC(N)=O)C(=O)NC(CO)C(=O)O. The average Bonchev–Trinajstić information content (AvgIpc) is 2.39. The predicted molar refractivity (Wildman–Crippen MR) is 72.1 cm³/mol. The van der Waals surface area contributed by atoms with Gasteiger partial charge >= 0.3 is 5.97 Å². The second-order valence-electron chi connectivity index (χ2n) is 4.59. The van der Waals surface area contributed by atoms with Crippen LogP contribution in [0.3, 0.4) is 0 Å². The number of nitrogens with one attached hydrogen (secondary N) is 2. The first kappa shape index (κ1) is 19.8. The highest BCUT2D eigenvalue weighted by Gasteiger charge is 2.30. The van der Waals surface area contributed by atoms with Crippen molar-refractivity contribution in [1.82, 2.24) is 10.6 Å². The molecular formula is C11H20N4O7. The molecule has 0 aromatic rings. The third-order valence-corrected chi connectivity index (χ3v) is 2.62. The van der Waals surface area contributed by atoms with Crippen molar-refractivity contribution in [3.63, 3.8) is 0 Å². The number of carboxylic acids is 1. The maximum Gasteiger partial charge on any atom is 0.328 e. The number of rotatable bonds is 9. The van der Waals surface area contributed by atoms with Gasteiger partial charge in [0.15, 0.2) is 0 Å². The summed E-state index contributed by atoms with van der Waals surface area (Å²) < 4.78 is 0. The first-order valence-electron chi connectivity index (χ1n) is 6.26. The Kier molecular flexibility index (Phi) is 8.01. The largest absolute Gasteiger partial charge is 0.480 e. The summed E-state index contributed by atoms with van der Waals surface area (Å²) in [5.41, 5.74) is 10.3. The first-order valence-corrected chi connectivity index (χ1v) is 6.26. The Balaban J connectivity index is 4.85. The molecule has 0 fully saturated rings. The van der Waals surface area contributed by atoms with E-state index in [2.05, 4.69) is 5.32 Å². The number of nitrogens with two attached hydrogens (primary N) is 2. The molecule has 3 amide bonds. The third-order valence-electron chi connectivity index (χ3n) is 2.62. The van der Waals surface area contributed by atoms with Crippen molar-refractivity contribution in [1.29, 1.82) is 0 Å². The van der Waals surface area contributed by atoms with Gasteiger partial charge in [0.25, 0.3) is 0 Å². The molecule has 9 N–H and O–H groups in total. The van der Waals surface area contributed by atoms with Crippen molar-refractivity contribution >= 4 is 23.7 Å². The van der Waals surface area contributed by atoms with E-state index in [1.807, 2.05) is 5.32 Å². The summed E-state index contributed by atoms with van der Waals surface area (Å²) in [7, 11) is 0. The van der Waals surface area contributed by atoms with Gasteiger partial charge in [0.05, 0.1) is 25.2 Å². The van der Waals surface area contributed by atoms with Crippen LogP contribution in [0.2, 0.25) is 0 Å². The molecule has 0 aliphatic rings. The van der Waals surface area contributed by atoms with Crippen LogP contribution in [0.4, 0.5) is 0 Å². The number of aliphatic carboxylic acids is 1. The molecule has 0 spiro atoms. The summed E-state index contributed by atoms with van der Waals surface area (Å²) in [6.45, 7) is 0.307. The van der Waals surface area contributed by atoms with Crippen LogP contribution < -0.4 is 22.1 Å². The van der Waals surface area contributed by atoms with Crippen LogP contribution in [-0.4, -0.2) is 69.8 Å². The Morgan fingerprint density at radius 2 is 1.68 bits per heavy atom. The number of carbonyl (C=O) groups is 4. The van der Waals surface area contributed by atoms with Crippen LogP contribution in [0.15, 0.2) is 0 Å². The maximum atomic E-state index is 11.8. The molecule has 0 aliphatic heterocycles. The Labute approximate surface area is 125 Å². The van der Waals surface area contributed by atoms with Gasteiger partial charge in [-0.2, -0.15) is 0 Å². The molecule has 4 unspecified atom stereocenters. The van der Waals surface area contributed by atoms with Crippen LogP contribution in [-0.2, 0) is 19.2 Å². The Hall–Kier alpha value is -2.24. The molecule has 0 saturated heterocycles. The van der Waals surface area contributed by atoms with Crippen LogP contribution in [0, 0.1) is 0 Å². The van der Waals surface area contributed by atoms with E-state index in [-0.39, 0.29) is 0 Å². The summed E-state index contributed by atoms with van der Waals surface area (Å²) in [6, 6.07) is -4.43. The number of primary amides is 1. The van der Waals surface area contributed by atoms with Gasteiger partial charge in [-0.15, -0.1) is 0 Å². The smallest absolute Gasteiger partial charge is 0.328 e. The molecule has 0 radical (unpaired) electrons. The van der Waals surface area contributed by atoms with Gasteiger partial charge in [0.2, 0.25) is 17.7 Å². The van der Waals surface area contributed by atoms with E-state index in [1.165, 1.54) is 6.92 Å². The second-order valence-corrected chi connectivity index (χ2v) is 4.59. The lowest BCUT2D eigenvalue weighted by Crippen LogP contribution is -2.58. The van der Waals surface area contributed by atoms with Crippen LogP contribution in [0.5, 0.6) is 0 Å². The van der Waals surface area contributed by atoms with Gasteiger partial charge < -0.3 is 37.4 Å². The Morgan fingerprint density at radius 1 is 1.14 bits per heavy atom. The predicted octanol–water partition coefficient (Wildman–Crippen LogP) is -4.38. The highest BCUT2D eigenvalue weighted by atomic mass is 16.4. The van der Waals surface area contributed by atoms with Crippen molar-refractivity contribution in [3.05, 3.63) is 0 Å². The molecular weight excluding hydrogens is 300 g/mol. The summed E-state index contributed by atoms with van der Waals surface area (Å²) in [6.07, 6.45) is -1.84. The maximum absolute atomic E-state index is 11.8. The van der Waals surface area contributed by atoms with Gasteiger partial charge in [-0.1, -0.05) is 0 Å². The topological polar surface area (TPSA) is 205 Å². The minimum absolute atomic E-state index is 0.464. The highest BCUT2D eigenvalue weighted by Crippen LogP contribution is 1.97. The Morgan fingerprint density at radius 3 is 2.05 bits per heavy atom. The molecule has 11 nitrogen and oxygen atoms in total. The van der Waals surface area contributed by atoms with E-state index in [4.69, 9.17) is 21.7 Å². The van der Waals surface area contributed by atoms with Gasteiger partial charge in [0.1, 0.15) is 12.1 Å². The molecule has 0 aromatic carbocycles. The Bertz CT molecular complexity index is 440. The number of hydrogen-bond donors (Lipinski definition) is 7. The number of aliphatic hydroxyl groups excluding tert-OH is 2. The summed E-state index contributed by atoms with van der Waals surface area (Å²) in [5, 5.41) is 31.1. The van der Waals surface area contributed by atoms with Crippen molar-refractivity contribution in [3.8, 4) is 0 Å². The molecule has 0 rings (SSSR count). The van der Waals surface area contributed by atoms with Crippen LogP contribution >= 0.6 is 0 Å². The second kappa shape index (κ2) is 8.92. The number of aliphatic hydroxyl groups is 2. The molecule has 0 heterocycles. The van der Waals surface area contributed by atoms with Crippen LogP contribution in [0.25, 0.3) is 0 Å². The normalized spacial score (nSPS) is 16.0. The minimum atomic E-state index is -1.59. The molecule has 0 aromatic heterocycles. The average molecular weight is 320 g/mol. The lowest BCUT2D eigenvalue weighted by Gasteiger charge is -2.23. The number of hydrogen-bond acceptors (Lipinski definition) is 7.